The predicted octanol–water partition coefficient (Wildman–Crippen LogP) is 2.99. The number of amides is 1. The third-order valence-electron chi connectivity index (χ3n) is 5.68. The lowest BCUT2D eigenvalue weighted by atomic mass is 10.2. The van der Waals surface area contributed by atoms with Crippen LogP contribution in [0, 0.1) is 12.7 Å². The van der Waals surface area contributed by atoms with E-state index in [1.165, 1.54) is 33.8 Å². The zero-order chi connectivity index (χ0) is 25.1. The Labute approximate surface area is 199 Å². The molecule has 0 saturated heterocycles. The summed E-state index contributed by atoms with van der Waals surface area (Å²) in [5.74, 6) is -0.859. The first-order valence-electron chi connectivity index (χ1n) is 11.1. The van der Waals surface area contributed by atoms with Gasteiger partial charge in [-0.3, -0.25) is 24.0 Å². The standard InChI is InChI=1S/C24H25FN6O4/c1-3-4-11-29-21(26)20(22(32)28-24(29)34)30(14-16-8-7-12-35-16)23(33)17-13-27-31(15(17)2)19-10-6-5-9-18(19)25/h5-10,12-13H,3-4,11,14,26H2,1-2H3,(H,28,32,34). The van der Waals surface area contributed by atoms with Gasteiger partial charge in [0.1, 0.15) is 23.1 Å². The first kappa shape index (κ1) is 23.7. The Kier molecular flexibility index (Phi) is 6.67. The SMILES string of the molecule is CCCCn1c(N)c(N(Cc2ccco2)C(=O)c2cnn(-c3ccccc3F)c2C)c(=O)[nH]c1=O. The maximum Gasteiger partial charge on any atom is 0.330 e. The molecule has 182 valence electrons. The molecule has 0 spiro atoms. The number of para-hydroxylation sites is 1. The average molecular weight is 481 g/mol. The lowest BCUT2D eigenvalue weighted by molar-refractivity contribution is 0.0982. The van der Waals surface area contributed by atoms with Crippen molar-refractivity contribution in [1.29, 1.82) is 0 Å². The van der Waals surface area contributed by atoms with Gasteiger partial charge >= 0.3 is 5.69 Å². The van der Waals surface area contributed by atoms with E-state index in [0.717, 1.165) is 11.3 Å². The fraction of sp³-hybridized carbons (Fsp3) is 0.250. The molecular formula is C24H25FN6O4. The van der Waals surface area contributed by atoms with Crippen LogP contribution in [-0.2, 0) is 13.1 Å². The summed E-state index contributed by atoms with van der Waals surface area (Å²) < 4.78 is 22.3. The molecule has 3 aromatic heterocycles. The third kappa shape index (κ3) is 4.52. The summed E-state index contributed by atoms with van der Waals surface area (Å²) in [7, 11) is 0. The van der Waals surface area contributed by atoms with Gasteiger partial charge in [-0.1, -0.05) is 25.5 Å². The van der Waals surface area contributed by atoms with Crippen molar-refractivity contribution in [3.63, 3.8) is 0 Å². The quantitative estimate of drug-likeness (QED) is 0.398. The van der Waals surface area contributed by atoms with Crippen LogP contribution in [0.3, 0.4) is 0 Å². The number of hydrogen-bond acceptors (Lipinski definition) is 6. The van der Waals surface area contributed by atoms with E-state index in [-0.39, 0.29) is 35.8 Å². The van der Waals surface area contributed by atoms with Crippen LogP contribution >= 0.6 is 0 Å². The number of hydrogen-bond donors (Lipinski definition) is 2. The number of halogens is 1. The molecule has 1 aromatic carbocycles. The summed E-state index contributed by atoms with van der Waals surface area (Å²) >= 11 is 0. The molecular weight excluding hydrogens is 455 g/mol. The van der Waals surface area contributed by atoms with Crippen molar-refractivity contribution < 1.29 is 13.6 Å². The fourth-order valence-corrected chi connectivity index (χ4v) is 3.82. The molecule has 0 radical (unpaired) electrons. The van der Waals surface area contributed by atoms with E-state index in [0.29, 0.717) is 17.9 Å². The molecule has 0 aliphatic rings. The monoisotopic (exact) mass is 480 g/mol. The second kappa shape index (κ2) is 9.84. The number of carbonyl (C=O) groups is 1. The molecule has 0 saturated carbocycles. The van der Waals surface area contributed by atoms with E-state index in [1.54, 1.807) is 31.2 Å². The van der Waals surface area contributed by atoms with Crippen molar-refractivity contribution in [3.05, 3.63) is 92.5 Å². The molecule has 11 heteroatoms. The highest BCUT2D eigenvalue weighted by Crippen LogP contribution is 2.25. The first-order chi connectivity index (χ1) is 16.8. The van der Waals surface area contributed by atoms with Gasteiger partial charge in [0.05, 0.1) is 30.3 Å². The van der Waals surface area contributed by atoms with Crippen LogP contribution < -0.4 is 21.9 Å². The molecule has 0 bridgehead atoms. The molecule has 1 amide bonds. The zero-order valence-electron chi connectivity index (χ0n) is 19.3. The number of aromatic amines is 1. The van der Waals surface area contributed by atoms with Gasteiger partial charge in [0.2, 0.25) is 0 Å². The van der Waals surface area contributed by atoms with E-state index < -0.39 is 23.0 Å². The van der Waals surface area contributed by atoms with Gasteiger partial charge in [0.25, 0.3) is 11.5 Å². The van der Waals surface area contributed by atoms with Crippen LogP contribution in [0.2, 0.25) is 0 Å². The van der Waals surface area contributed by atoms with Crippen LogP contribution in [-0.4, -0.2) is 25.2 Å². The summed E-state index contributed by atoms with van der Waals surface area (Å²) in [6.07, 6.45) is 4.19. The topological polar surface area (TPSA) is 132 Å². The number of rotatable bonds is 8. The molecule has 3 heterocycles. The highest BCUT2D eigenvalue weighted by molar-refractivity contribution is 6.07. The first-order valence-corrected chi connectivity index (χ1v) is 11.1. The number of benzene rings is 1. The minimum absolute atomic E-state index is 0.130. The van der Waals surface area contributed by atoms with Crippen LogP contribution in [0.4, 0.5) is 15.9 Å². The summed E-state index contributed by atoms with van der Waals surface area (Å²) in [6, 6.07) is 9.33. The molecule has 4 aromatic rings. The van der Waals surface area contributed by atoms with Gasteiger partial charge in [-0.15, -0.1) is 0 Å². The summed E-state index contributed by atoms with van der Waals surface area (Å²) in [5.41, 5.74) is 5.30. The minimum Gasteiger partial charge on any atom is -0.467 e. The number of nitrogens with one attached hydrogen (secondary N) is 1. The Morgan fingerprint density at radius 1 is 1.23 bits per heavy atom. The van der Waals surface area contributed by atoms with Crippen molar-refractivity contribution in [2.75, 3.05) is 10.6 Å². The number of nitrogens with zero attached hydrogens (tertiary/aromatic N) is 4. The van der Waals surface area contributed by atoms with Gasteiger partial charge in [-0.25, -0.2) is 13.9 Å². The van der Waals surface area contributed by atoms with E-state index in [9.17, 15) is 18.8 Å². The van der Waals surface area contributed by atoms with Crippen molar-refractivity contribution in [2.24, 2.45) is 0 Å². The van der Waals surface area contributed by atoms with E-state index in [1.807, 2.05) is 6.92 Å². The number of nitrogen functional groups attached to an aromatic ring is 1. The maximum atomic E-state index is 14.4. The molecule has 35 heavy (non-hydrogen) atoms. The average Bonchev–Trinajstić information content (AvgIpc) is 3.48. The normalized spacial score (nSPS) is 11.1. The van der Waals surface area contributed by atoms with Crippen molar-refractivity contribution in [2.45, 2.75) is 39.8 Å². The number of aromatic nitrogens is 4. The highest BCUT2D eigenvalue weighted by Gasteiger charge is 2.29. The number of unbranched alkanes of at least 4 members (excludes halogenated alkanes) is 1. The van der Waals surface area contributed by atoms with Crippen molar-refractivity contribution >= 4 is 17.4 Å². The molecule has 10 nitrogen and oxygen atoms in total. The fourth-order valence-electron chi connectivity index (χ4n) is 3.82. The third-order valence-corrected chi connectivity index (χ3v) is 5.68. The molecule has 0 atom stereocenters. The highest BCUT2D eigenvalue weighted by atomic mass is 19.1. The van der Waals surface area contributed by atoms with Gasteiger partial charge in [0.15, 0.2) is 5.69 Å². The Morgan fingerprint density at radius 3 is 2.69 bits per heavy atom. The van der Waals surface area contributed by atoms with Gasteiger partial charge in [0, 0.05) is 6.54 Å². The summed E-state index contributed by atoms with van der Waals surface area (Å²) in [4.78, 5) is 42.5. The summed E-state index contributed by atoms with van der Waals surface area (Å²) in [5, 5.41) is 4.19. The number of carbonyl (C=O) groups excluding carboxylic acids is 1. The van der Waals surface area contributed by atoms with Crippen molar-refractivity contribution in [3.8, 4) is 5.69 Å². The number of H-pyrrole nitrogens is 1. The Morgan fingerprint density at radius 2 is 2.00 bits per heavy atom. The molecule has 3 N–H and O–H groups in total. The smallest absolute Gasteiger partial charge is 0.330 e. The second-order valence-electron chi connectivity index (χ2n) is 7.98. The Balaban J connectivity index is 1.84. The summed E-state index contributed by atoms with van der Waals surface area (Å²) in [6.45, 7) is 3.72. The zero-order valence-corrected chi connectivity index (χ0v) is 19.3. The van der Waals surface area contributed by atoms with Gasteiger partial charge < -0.3 is 10.2 Å². The molecule has 0 aliphatic carbocycles. The minimum atomic E-state index is -0.806. The van der Waals surface area contributed by atoms with Crippen LogP contribution in [0.5, 0.6) is 0 Å². The maximum absolute atomic E-state index is 14.4. The van der Waals surface area contributed by atoms with E-state index >= 15 is 0 Å². The van der Waals surface area contributed by atoms with E-state index in [4.69, 9.17) is 10.2 Å². The van der Waals surface area contributed by atoms with Gasteiger partial charge in [-0.2, -0.15) is 5.10 Å². The molecule has 0 aliphatic heterocycles. The van der Waals surface area contributed by atoms with Crippen molar-refractivity contribution in [1.82, 2.24) is 19.3 Å². The Bertz CT molecular complexity index is 1470. The number of anilines is 2. The lowest BCUT2D eigenvalue weighted by Gasteiger charge is -2.23. The largest absolute Gasteiger partial charge is 0.467 e. The van der Waals surface area contributed by atoms with Gasteiger partial charge in [-0.05, 0) is 37.6 Å². The van der Waals surface area contributed by atoms with E-state index in [2.05, 4.69) is 10.1 Å². The van der Waals surface area contributed by atoms with Crippen LogP contribution in [0.1, 0.15) is 41.6 Å². The number of nitrogens with two attached hydrogens (primary N) is 1. The lowest BCUT2D eigenvalue weighted by Crippen LogP contribution is -2.41. The molecule has 0 fully saturated rings. The molecule has 4 rings (SSSR count). The molecule has 0 unspecified atom stereocenters. The van der Waals surface area contributed by atoms with Crippen LogP contribution in [0.25, 0.3) is 5.69 Å². The Hall–Kier alpha value is -4.41. The number of furan rings is 1. The second-order valence-corrected chi connectivity index (χ2v) is 7.98. The predicted molar refractivity (Wildman–Crippen MR) is 128 cm³/mol. The van der Waals surface area contributed by atoms with Crippen LogP contribution in [0.15, 0.2) is 62.9 Å².